The van der Waals surface area contributed by atoms with Gasteiger partial charge in [-0.2, -0.15) is 0 Å². The van der Waals surface area contributed by atoms with E-state index in [1.807, 2.05) is 0 Å². The van der Waals surface area contributed by atoms with Gasteiger partial charge in [-0.05, 0) is 26.7 Å². The topological polar surface area (TPSA) is 125 Å². The quantitative estimate of drug-likeness (QED) is 0.553. The molecule has 8 nitrogen and oxygen atoms in total. The van der Waals surface area contributed by atoms with Gasteiger partial charge < -0.3 is 20.5 Å². The molecule has 1 rings (SSSR count). The number of primary amides is 1. The Labute approximate surface area is 128 Å². The van der Waals surface area contributed by atoms with Gasteiger partial charge in [0.15, 0.2) is 0 Å². The minimum absolute atomic E-state index is 0.0835. The Balaban J connectivity index is 2.85. The second kappa shape index (κ2) is 8.35. The number of carbonyl (C=O) groups excluding carboxylic acids is 4. The molecule has 22 heavy (non-hydrogen) atoms. The zero-order valence-corrected chi connectivity index (χ0v) is 12.8. The maximum absolute atomic E-state index is 12.0. The van der Waals surface area contributed by atoms with Gasteiger partial charge >= 0.3 is 11.9 Å². The summed E-state index contributed by atoms with van der Waals surface area (Å²) >= 11 is 0. The fourth-order valence-electron chi connectivity index (χ4n) is 1.97. The zero-order valence-electron chi connectivity index (χ0n) is 12.8. The Morgan fingerprint density at radius 3 is 2.18 bits per heavy atom. The Kier molecular flexibility index (Phi) is 6.81. The summed E-state index contributed by atoms with van der Waals surface area (Å²) in [6.07, 6.45) is 1.09. The number of nitrogens with two attached hydrogens (primary N) is 1. The molecule has 0 saturated heterocycles. The van der Waals surface area contributed by atoms with Crippen molar-refractivity contribution in [3.8, 4) is 0 Å². The van der Waals surface area contributed by atoms with Crippen LogP contribution < -0.4 is 11.1 Å². The molecule has 2 amide bonds. The normalized spacial score (nSPS) is 16.3. The monoisotopic (exact) mass is 314 g/mol. The van der Waals surface area contributed by atoms with E-state index < -0.39 is 29.8 Å². The molecule has 0 bridgehead atoms. The summed E-state index contributed by atoms with van der Waals surface area (Å²) in [6, 6.07) is -1.29. The molecule has 1 saturated carbocycles. The molecule has 0 aromatic carbocycles. The molecule has 1 fully saturated rings. The molecule has 0 aromatic rings. The van der Waals surface area contributed by atoms with Crippen LogP contribution in [0, 0.1) is 11.8 Å². The maximum Gasteiger partial charge on any atom is 0.312 e. The predicted octanol–water partition coefficient (Wildman–Crippen LogP) is -0.501. The Morgan fingerprint density at radius 2 is 1.73 bits per heavy atom. The van der Waals surface area contributed by atoms with Gasteiger partial charge in [0.25, 0.3) is 0 Å². The largest absolute Gasteiger partial charge is 0.466 e. The van der Waals surface area contributed by atoms with E-state index in [0.717, 1.165) is 12.8 Å². The molecular formula is C14H22N2O6. The van der Waals surface area contributed by atoms with Gasteiger partial charge in [-0.3, -0.25) is 19.2 Å². The van der Waals surface area contributed by atoms with Gasteiger partial charge in [-0.25, -0.2) is 0 Å². The number of esters is 2. The third kappa shape index (κ3) is 5.34. The number of ether oxygens (including phenoxy) is 2. The van der Waals surface area contributed by atoms with Crippen molar-refractivity contribution in [3.05, 3.63) is 0 Å². The van der Waals surface area contributed by atoms with Gasteiger partial charge in [-0.1, -0.05) is 0 Å². The summed E-state index contributed by atoms with van der Waals surface area (Å²) in [7, 11) is 0. The highest BCUT2D eigenvalue weighted by molar-refractivity contribution is 5.93. The van der Waals surface area contributed by atoms with Crippen molar-refractivity contribution in [3.63, 3.8) is 0 Å². The van der Waals surface area contributed by atoms with Crippen LogP contribution in [0.2, 0.25) is 0 Å². The van der Waals surface area contributed by atoms with Crippen LogP contribution in [-0.4, -0.2) is 43.0 Å². The minimum Gasteiger partial charge on any atom is -0.466 e. The highest BCUT2D eigenvalue weighted by Gasteiger charge is 2.39. The lowest BCUT2D eigenvalue weighted by atomic mass is 9.95. The fraction of sp³-hybridized carbons (Fsp3) is 0.714. The van der Waals surface area contributed by atoms with Crippen molar-refractivity contribution >= 4 is 23.8 Å². The van der Waals surface area contributed by atoms with Gasteiger partial charge in [-0.15, -0.1) is 0 Å². The zero-order chi connectivity index (χ0) is 16.7. The third-order valence-electron chi connectivity index (χ3n) is 3.24. The van der Waals surface area contributed by atoms with Gasteiger partial charge in [0.1, 0.15) is 6.04 Å². The van der Waals surface area contributed by atoms with E-state index in [2.05, 4.69) is 5.32 Å². The van der Waals surface area contributed by atoms with Crippen molar-refractivity contribution in [2.45, 2.75) is 39.2 Å². The van der Waals surface area contributed by atoms with Crippen LogP contribution in [0.5, 0.6) is 0 Å². The predicted molar refractivity (Wildman–Crippen MR) is 75.2 cm³/mol. The van der Waals surface area contributed by atoms with E-state index in [1.54, 1.807) is 13.8 Å². The second-order valence-corrected chi connectivity index (χ2v) is 5.03. The third-order valence-corrected chi connectivity index (χ3v) is 3.24. The number of rotatable bonds is 9. The summed E-state index contributed by atoms with van der Waals surface area (Å²) in [6.45, 7) is 3.45. The fourth-order valence-corrected chi connectivity index (χ4v) is 1.97. The van der Waals surface area contributed by atoms with E-state index in [4.69, 9.17) is 15.2 Å². The molecule has 2 atom stereocenters. The summed E-state index contributed by atoms with van der Waals surface area (Å²) in [4.78, 5) is 47.1. The van der Waals surface area contributed by atoms with E-state index in [9.17, 15) is 19.2 Å². The molecule has 0 aliphatic heterocycles. The van der Waals surface area contributed by atoms with Crippen LogP contribution in [0.3, 0.4) is 0 Å². The molecule has 0 unspecified atom stereocenters. The molecule has 124 valence electrons. The van der Waals surface area contributed by atoms with Crippen LogP contribution in [-0.2, 0) is 28.7 Å². The SMILES string of the molecule is CCOC(=O)C[C@@H](C(=O)OCC)[C@@H](NC(=O)C1CC1)C(N)=O. The maximum atomic E-state index is 12.0. The van der Waals surface area contributed by atoms with Crippen LogP contribution in [0.1, 0.15) is 33.1 Å². The summed E-state index contributed by atoms with van der Waals surface area (Å²) in [5.74, 6) is -4.02. The van der Waals surface area contributed by atoms with E-state index in [-0.39, 0.29) is 31.5 Å². The molecule has 0 spiro atoms. The highest BCUT2D eigenvalue weighted by atomic mass is 16.5. The Bertz CT molecular complexity index is 447. The lowest BCUT2D eigenvalue weighted by Crippen LogP contribution is -2.52. The second-order valence-electron chi connectivity index (χ2n) is 5.03. The molecule has 3 N–H and O–H groups in total. The summed E-state index contributed by atoms with van der Waals surface area (Å²) < 4.78 is 9.65. The number of amides is 2. The van der Waals surface area contributed by atoms with Crippen LogP contribution in [0.4, 0.5) is 0 Å². The standard InChI is InChI=1S/C14H22N2O6/c1-3-21-10(17)7-9(14(20)22-4-2)11(12(15)18)16-13(19)8-5-6-8/h8-9,11H,3-7H2,1-2H3,(H2,15,18)(H,16,19)/t9-,11-/m1/s1. The highest BCUT2D eigenvalue weighted by Crippen LogP contribution is 2.29. The first kappa shape index (κ1) is 17.9. The number of hydrogen-bond acceptors (Lipinski definition) is 6. The van der Waals surface area contributed by atoms with E-state index in [1.165, 1.54) is 0 Å². The van der Waals surface area contributed by atoms with E-state index in [0.29, 0.717) is 0 Å². The van der Waals surface area contributed by atoms with Crippen LogP contribution >= 0.6 is 0 Å². The lowest BCUT2D eigenvalue weighted by molar-refractivity contribution is -0.157. The van der Waals surface area contributed by atoms with E-state index >= 15 is 0 Å². The molecule has 0 aromatic heterocycles. The number of carbonyl (C=O) groups is 4. The number of nitrogens with one attached hydrogen (secondary N) is 1. The minimum atomic E-state index is -1.29. The van der Waals surface area contributed by atoms with Crippen LogP contribution in [0.15, 0.2) is 0 Å². The first-order valence-electron chi connectivity index (χ1n) is 7.32. The average molecular weight is 314 g/mol. The smallest absolute Gasteiger partial charge is 0.312 e. The lowest BCUT2D eigenvalue weighted by Gasteiger charge is -2.23. The molecule has 0 heterocycles. The van der Waals surface area contributed by atoms with Gasteiger partial charge in [0, 0.05) is 5.92 Å². The molecule has 1 aliphatic rings. The van der Waals surface area contributed by atoms with Crippen molar-refractivity contribution in [2.75, 3.05) is 13.2 Å². The first-order chi connectivity index (χ1) is 10.4. The van der Waals surface area contributed by atoms with Gasteiger partial charge in [0.05, 0.1) is 25.6 Å². The average Bonchev–Trinajstić information content (AvgIpc) is 3.27. The van der Waals surface area contributed by atoms with Crippen LogP contribution in [0.25, 0.3) is 0 Å². The molecule has 0 radical (unpaired) electrons. The Hall–Kier alpha value is -2.12. The first-order valence-corrected chi connectivity index (χ1v) is 7.32. The summed E-state index contributed by atoms with van der Waals surface area (Å²) in [5.41, 5.74) is 5.28. The van der Waals surface area contributed by atoms with Gasteiger partial charge in [0.2, 0.25) is 11.8 Å². The Morgan fingerprint density at radius 1 is 1.14 bits per heavy atom. The van der Waals surface area contributed by atoms with Crippen molar-refractivity contribution < 1.29 is 28.7 Å². The number of hydrogen-bond donors (Lipinski definition) is 2. The van der Waals surface area contributed by atoms with Crippen molar-refractivity contribution in [1.82, 2.24) is 5.32 Å². The molecular weight excluding hydrogens is 292 g/mol. The van der Waals surface area contributed by atoms with Crippen molar-refractivity contribution in [1.29, 1.82) is 0 Å². The molecule has 1 aliphatic carbocycles. The van der Waals surface area contributed by atoms with Crippen molar-refractivity contribution in [2.24, 2.45) is 17.6 Å². The summed E-state index contributed by atoms with van der Waals surface area (Å²) in [5, 5.41) is 2.44. The molecule has 8 heteroatoms.